The van der Waals surface area contributed by atoms with Crippen LogP contribution in [0.3, 0.4) is 0 Å². The van der Waals surface area contributed by atoms with E-state index in [-0.39, 0.29) is 11.7 Å². The van der Waals surface area contributed by atoms with Gasteiger partial charge in [0.05, 0.1) is 18.8 Å². The predicted octanol–water partition coefficient (Wildman–Crippen LogP) is 2.27. The van der Waals surface area contributed by atoms with Crippen LogP contribution in [0.15, 0.2) is 28.7 Å². The fourth-order valence-corrected chi connectivity index (χ4v) is 4.03. The number of aromatic nitrogens is 2. The normalized spacial score (nSPS) is 19.3. The standard InChI is InChI=1S/C16H21N3O4S/c1-3-24(20,21)19-9-5-7-13(11-19)16-18-17-15(23-16)12-6-4-8-14(10-12)22-2/h4,6,8,10,13H,3,5,7,9,11H2,1-2H3/t13-/m1/s1. The first-order valence-electron chi connectivity index (χ1n) is 7.99. The van der Waals surface area contributed by atoms with Crippen molar-refractivity contribution in [2.75, 3.05) is 26.0 Å². The summed E-state index contributed by atoms with van der Waals surface area (Å²) in [6, 6.07) is 7.39. The molecule has 1 saturated heterocycles. The van der Waals surface area contributed by atoms with Gasteiger partial charge in [0.25, 0.3) is 0 Å². The predicted molar refractivity (Wildman–Crippen MR) is 89.3 cm³/mol. The fraction of sp³-hybridized carbons (Fsp3) is 0.500. The van der Waals surface area contributed by atoms with Crippen molar-refractivity contribution in [1.82, 2.24) is 14.5 Å². The summed E-state index contributed by atoms with van der Waals surface area (Å²) in [6.07, 6.45) is 1.64. The van der Waals surface area contributed by atoms with Crippen LogP contribution in [0.2, 0.25) is 0 Å². The van der Waals surface area contributed by atoms with Crippen molar-refractivity contribution in [1.29, 1.82) is 0 Å². The van der Waals surface area contributed by atoms with Gasteiger partial charge in [-0.05, 0) is 38.0 Å². The second-order valence-electron chi connectivity index (χ2n) is 5.78. The molecule has 1 fully saturated rings. The summed E-state index contributed by atoms with van der Waals surface area (Å²) in [4.78, 5) is 0. The second-order valence-corrected chi connectivity index (χ2v) is 8.03. The van der Waals surface area contributed by atoms with Crippen LogP contribution in [0.25, 0.3) is 11.5 Å². The Morgan fingerprint density at radius 1 is 1.38 bits per heavy atom. The van der Waals surface area contributed by atoms with Crippen LogP contribution < -0.4 is 4.74 Å². The number of hydrogen-bond acceptors (Lipinski definition) is 6. The van der Waals surface area contributed by atoms with E-state index < -0.39 is 10.0 Å². The summed E-state index contributed by atoms with van der Waals surface area (Å²) in [5.74, 6) is 1.67. The van der Waals surface area contributed by atoms with Gasteiger partial charge in [0.15, 0.2) is 0 Å². The van der Waals surface area contributed by atoms with E-state index in [1.807, 2.05) is 24.3 Å². The highest BCUT2D eigenvalue weighted by atomic mass is 32.2. The van der Waals surface area contributed by atoms with Gasteiger partial charge >= 0.3 is 0 Å². The van der Waals surface area contributed by atoms with Crippen LogP contribution >= 0.6 is 0 Å². The Balaban J connectivity index is 1.80. The maximum atomic E-state index is 12.1. The zero-order chi connectivity index (χ0) is 17.2. The molecule has 0 N–H and O–H groups in total. The number of nitrogens with zero attached hydrogens (tertiary/aromatic N) is 3. The summed E-state index contributed by atoms with van der Waals surface area (Å²) in [6.45, 7) is 2.62. The molecule has 0 aliphatic carbocycles. The molecule has 2 heterocycles. The molecule has 0 amide bonds. The Morgan fingerprint density at radius 3 is 2.96 bits per heavy atom. The van der Waals surface area contributed by atoms with Gasteiger partial charge in [-0.3, -0.25) is 0 Å². The third kappa shape index (κ3) is 3.44. The molecule has 7 nitrogen and oxygen atoms in total. The van der Waals surface area contributed by atoms with E-state index in [9.17, 15) is 8.42 Å². The molecule has 1 aliphatic rings. The fourth-order valence-electron chi connectivity index (χ4n) is 2.85. The number of ether oxygens (including phenoxy) is 1. The van der Waals surface area contributed by atoms with Gasteiger partial charge in [-0.1, -0.05) is 6.07 Å². The summed E-state index contributed by atoms with van der Waals surface area (Å²) < 4.78 is 36.7. The van der Waals surface area contributed by atoms with Gasteiger partial charge < -0.3 is 9.15 Å². The smallest absolute Gasteiger partial charge is 0.247 e. The molecule has 2 aromatic rings. The minimum absolute atomic E-state index is 0.0630. The quantitative estimate of drug-likeness (QED) is 0.821. The van der Waals surface area contributed by atoms with E-state index in [0.29, 0.717) is 30.6 Å². The Morgan fingerprint density at radius 2 is 2.21 bits per heavy atom. The monoisotopic (exact) mass is 351 g/mol. The molecule has 0 radical (unpaired) electrons. The molecule has 3 rings (SSSR count). The van der Waals surface area contributed by atoms with E-state index in [2.05, 4.69) is 10.2 Å². The van der Waals surface area contributed by atoms with E-state index in [1.165, 1.54) is 4.31 Å². The van der Waals surface area contributed by atoms with Crippen LogP contribution in [0.5, 0.6) is 5.75 Å². The summed E-state index contributed by atoms with van der Waals surface area (Å²) in [5.41, 5.74) is 0.780. The van der Waals surface area contributed by atoms with Crippen molar-refractivity contribution < 1.29 is 17.6 Å². The average molecular weight is 351 g/mol. The van der Waals surface area contributed by atoms with Crippen molar-refractivity contribution in [3.05, 3.63) is 30.2 Å². The summed E-state index contributed by atoms with van der Waals surface area (Å²) in [7, 11) is -1.59. The van der Waals surface area contributed by atoms with Crippen LogP contribution in [0.1, 0.15) is 31.6 Å². The van der Waals surface area contributed by atoms with Crippen molar-refractivity contribution in [2.45, 2.75) is 25.7 Å². The Hall–Kier alpha value is -1.93. The lowest BCUT2D eigenvalue weighted by atomic mass is 10.00. The largest absolute Gasteiger partial charge is 0.497 e. The van der Waals surface area contributed by atoms with Crippen LogP contribution in [-0.2, 0) is 10.0 Å². The van der Waals surface area contributed by atoms with Crippen molar-refractivity contribution in [3.63, 3.8) is 0 Å². The first-order valence-corrected chi connectivity index (χ1v) is 9.60. The zero-order valence-corrected chi connectivity index (χ0v) is 14.6. The zero-order valence-electron chi connectivity index (χ0n) is 13.8. The van der Waals surface area contributed by atoms with Crippen molar-refractivity contribution in [2.24, 2.45) is 0 Å². The molecule has 1 aromatic heterocycles. The highest BCUT2D eigenvalue weighted by Gasteiger charge is 2.31. The van der Waals surface area contributed by atoms with Crippen LogP contribution in [-0.4, -0.2) is 48.9 Å². The lowest BCUT2D eigenvalue weighted by Gasteiger charge is -2.29. The first kappa shape index (κ1) is 16.9. The van der Waals surface area contributed by atoms with Crippen LogP contribution in [0, 0.1) is 0 Å². The minimum atomic E-state index is -3.19. The van der Waals surface area contributed by atoms with Gasteiger partial charge in [0.1, 0.15) is 5.75 Å². The van der Waals surface area contributed by atoms with Gasteiger partial charge in [0, 0.05) is 18.7 Å². The average Bonchev–Trinajstić information content (AvgIpc) is 3.12. The molecular weight excluding hydrogens is 330 g/mol. The Labute approximate surface area is 141 Å². The maximum absolute atomic E-state index is 12.1. The second kappa shape index (κ2) is 6.90. The number of rotatable bonds is 5. The number of piperidine rings is 1. The van der Waals surface area contributed by atoms with Gasteiger partial charge in [-0.15, -0.1) is 10.2 Å². The molecule has 0 unspecified atom stereocenters. The molecule has 0 bridgehead atoms. The van der Waals surface area contributed by atoms with E-state index in [1.54, 1.807) is 14.0 Å². The number of benzene rings is 1. The van der Waals surface area contributed by atoms with E-state index in [0.717, 1.165) is 18.4 Å². The molecule has 130 valence electrons. The first-order chi connectivity index (χ1) is 11.5. The number of sulfonamides is 1. The highest BCUT2D eigenvalue weighted by Crippen LogP contribution is 2.30. The van der Waals surface area contributed by atoms with E-state index >= 15 is 0 Å². The topological polar surface area (TPSA) is 85.5 Å². The highest BCUT2D eigenvalue weighted by molar-refractivity contribution is 7.89. The third-order valence-corrected chi connectivity index (χ3v) is 6.10. The van der Waals surface area contributed by atoms with Gasteiger partial charge in [-0.25, -0.2) is 12.7 Å². The van der Waals surface area contributed by atoms with Crippen molar-refractivity contribution >= 4 is 10.0 Å². The third-order valence-electron chi connectivity index (χ3n) is 4.25. The Kier molecular flexibility index (Phi) is 4.86. The molecule has 0 spiro atoms. The molecule has 0 saturated carbocycles. The molecule has 24 heavy (non-hydrogen) atoms. The SMILES string of the molecule is CCS(=O)(=O)N1CCC[C@@H](c2nnc(-c3cccc(OC)c3)o2)C1. The number of hydrogen-bond donors (Lipinski definition) is 0. The molecule has 8 heteroatoms. The summed E-state index contributed by atoms with van der Waals surface area (Å²) >= 11 is 0. The molecule has 1 aromatic carbocycles. The Bertz CT molecular complexity index is 803. The van der Waals surface area contributed by atoms with E-state index in [4.69, 9.17) is 9.15 Å². The maximum Gasteiger partial charge on any atom is 0.247 e. The minimum Gasteiger partial charge on any atom is -0.497 e. The lowest BCUT2D eigenvalue weighted by molar-refractivity contribution is 0.286. The lowest BCUT2D eigenvalue weighted by Crippen LogP contribution is -2.39. The summed E-state index contributed by atoms with van der Waals surface area (Å²) in [5, 5.41) is 8.24. The molecule has 1 atom stereocenters. The van der Waals surface area contributed by atoms with Gasteiger partial charge in [0.2, 0.25) is 21.8 Å². The van der Waals surface area contributed by atoms with Crippen LogP contribution in [0.4, 0.5) is 0 Å². The van der Waals surface area contributed by atoms with Crippen molar-refractivity contribution in [3.8, 4) is 17.2 Å². The number of methoxy groups -OCH3 is 1. The van der Waals surface area contributed by atoms with Gasteiger partial charge in [-0.2, -0.15) is 0 Å². The molecule has 1 aliphatic heterocycles. The molecular formula is C16H21N3O4S.